The highest BCUT2D eigenvalue weighted by Crippen LogP contribution is 2.33. The van der Waals surface area contributed by atoms with Gasteiger partial charge in [0.2, 0.25) is 0 Å². The van der Waals surface area contributed by atoms with Gasteiger partial charge in [0.25, 0.3) is 0 Å². The van der Waals surface area contributed by atoms with Crippen molar-refractivity contribution in [3.05, 3.63) is 59.2 Å². The molecular formula is C20H20O6. The molecule has 0 aliphatic rings. The van der Waals surface area contributed by atoms with Crippen LogP contribution in [0.4, 0.5) is 0 Å². The fourth-order valence-electron chi connectivity index (χ4n) is 2.30. The van der Waals surface area contributed by atoms with Crippen LogP contribution in [-0.2, 0) is 4.74 Å². The van der Waals surface area contributed by atoms with Crippen LogP contribution in [0.2, 0.25) is 0 Å². The van der Waals surface area contributed by atoms with E-state index in [9.17, 15) is 14.7 Å². The summed E-state index contributed by atoms with van der Waals surface area (Å²) in [6.45, 7) is 2.05. The Balaban J connectivity index is 2.21. The van der Waals surface area contributed by atoms with Gasteiger partial charge in [0.05, 0.1) is 26.4 Å². The largest absolute Gasteiger partial charge is 0.507 e. The molecule has 0 fully saturated rings. The van der Waals surface area contributed by atoms with Gasteiger partial charge >= 0.3 is 5.97 Å². The number of rotatable bonds is 7. The number of allylic oxidation sites excluding steroid dienone is 1. The van der Waals surface area contributed by atoms with Crippen LogP contribution in [0.3, 0.4) is 0 Å². The van der Waals surface area contributed by atoms with E-state index in [1.165, 1.54) is 32.4 Å². The second-order valence-corrected chi connectivity index (χ2v) is 5.26. The van der Waals surface area contributed by atoms with Crippen molar-refractivity contribution in [3.63, 3.8) is 0 Å². The summed E-state index contributed by atoms with van der Waals surface area (Å²) >= 11 is 0. The molecule has 0 saturated heterocycles. The van der Waals surface area contributed by atoms with Crippen molar-refractivity contribution >= 4 is 17.8 Å². The fourth-order valence-corrected chi connectivity index (χ4v) is 2.30. The van der Waals surface area contributed by atoms with Gasteiger partial charge in [-0.15, -0.1) is 0 Å². The summed E-state index contributed by atoms with van der Waals surface area (Å²) in [7, 11) is 2.86. The summed E-state index contributed by atoms with van der Waals surface area (Å²) in [5, 5.41) is 10.1. The number of ether oxygens (including phenoxy) is 3. The molecule has 0 radical (unpaired) electrons. The van der Waals surface area contributed by atoms with E-state index < -0.39 is 11.8 Å². The number of carbonyl (C=O) groups is 2. The zero-order valence-electron chi connectivity index (χ0n) is 14.8. The number of hydrogen-bond donors (Lipinski definition) is 1. The minimum atomic E-state index is -0.420. The standard InChI is InChI=1S/C20H20O6/c1-4-26-20(23)14-8-5-13(6-9-14)7-10-16(21)19-17(22)11-15(24-2)12-18(19)25-3/h5-12,22H,4H2,1-3H3/b10-7+. The predicted octanol–water partition coefficient (Wildman–Crippen LogP) is 3.48. The first kappa shape index (κ1) is 19.1. The van der Waals surface area contributed by atoms with Gasteiger partial charge in [0.15, 0.2) is 5.78 Å². The molecule has 0 aromatic heterocycles. The normalized spacial score (nSPS) is 10.6. The van der Waals surface area contributed by atoms with Gasteiger partial charge in [-0.05, 0) is 30.7 Å². The van der Waals surface area contributed by atoms with Gasteiger partial charge in [0.1, 0.15) is 22.8 Å². The molecule has 26 heavy (non-hydrogen) atoms. The molecule has 2 rings (SSSR count). The van der Waals surface area contributed by atoms with Crippen LogP contribution < -0.4 is 9.47 Å². The number of benzene rings is 2. The summed E-state index contributed by atoms with van der Waals surface area (Å²) in [4.78, 5) is 24.1. The number of ketones is 1. The Kier molecular flexibility index (Phi) is 6.38. The van der Waals surface area contributed by atoms with E-state index >= 15 is 0 Å². The van der Waals surface area contributed by atoms with Gasteiger partial charge in [-0.3, -0.25) is 4.79 Å². The van der Waals surface area contributed by atoms with E-state index in [4.69, 9.17) is 14.2 Å². The van der Waals surface area contributed by atoms with E-state index in [2.05, 4.69) is 0 Å². The van der Waals surface area contributed by atoms with E-state index in [1.807, 2.05) is 0 Å². The lowest BCUT2D eigenvalue weighted by Crippen LogP contribution is -2.04. The predicted molar refractivity (Wildman–Crippen MR) is 97.0 cm³/mol. The fraction of sp³-hybridized carbons (Fsp3) is 0.200. The van der Waals surface area contributed by atoms with Crippen LogP contribution in [0, 0.1) is 0 Å². The number of phenolic OH excluding ortho intramolecular Hbond substituents is 1. The molecule has 136 valence electrons. The average Bonchev–Trinajstić information content (AvgIpc) is 2.65. The smallest absolute Gasteiger partial charge is 0.338 e. The number of esters is 1. The van der Waals surface area contributed by atoms with E-state index in [0.29, 0.717) is 17.9 Å². The summed E-state index contributed by atoms with van der Waals surface area (Å²) in [6, 6.07) is 9.50. The van der Waals surface area contributed by atoms with Crippen LogP contribution in [0.1, 0.15) is 33.2 Å². The third-order valence-corrected chi connectivity index (χ3v) is 3.61. The molecule has 0 saturated carbocycles. The number of methoxy groups -OCH3 is 2. The molecule has 0 amide bonds. The molecule has 2 aromatic carbocycles. The first-order valence-electron chi connectivity index (χ1n) is 7.94. The minimum Gasteiger partial charge on any atom is -0.507 e. The third kappa shape index (κ3) is 4.42. The zero-order chi connectivity index (χ0) is 19.1. The molecule has 0 aliphatic heterocycles. The van der Waals surface area contributed by atoms with Crippen molar-refractivity contribution in [2.24, 2.45) is 0 Å². The molecule has 0 aliphatic carbocycles. The maximum absolute atomic E-state index is 12.4. The number of aromatic hydroxyl groups is 1. The summed E-state index contributed by atoms with van der Waals surface area (Å²) in [6.07, 6.45) is 2.91. The highest BCUT2D eigenvalue weighted by molar-refractivity contribution is 6.10. The number of carbonyl (C=O) groups excluding carboxylic acids is 2. The third-order valence-electron chi connectivity index (χ3n) is 3.61. The molecule has 2 aromatic rings. The lowest BCUT2D eigenvalue weighted by atomic mass is 10.1. The van der Waals surface area contributed by atoms with E-state index in [-0.39, 0.29) is 17.1 Å². The number of hydrogen-bond acceptors (Lipinski definition) is 6. The van der Waals surface area contributed by atoms with Crippen LogP contribution in [0.25, 0.3) is 6.08 Å². The zero-order valence-corrected chi connectivity index (χ0v) is 14.8. The second-order valence-electron chi connectivity index (χ2n) is 5.26. The Morgan fingerprint density at radius 2 is 1.77 bits per heavy atom. The Morgan fingerprint density at radius 3 is 2.35 bits per heavy atom. The van der Waals surface area contributed by atoms with Crippen molar-refractivity contribution in [3.8, 4) is 17.2 Å². The van der Waals surface area contributed by atoms with Gasteiger partial charge in [0, 0.05) is 12.1 Å². The van der Waals surface area contributed by atoms with Gasteiger partial charge in [-0.1, -0.05) is 18.2 Å². The summed E-state index contributed by atoms with van der Waals surface area (Å²) < 4.78 is 15.1. The monoisotopic (exact) mass is 356 g/mol. The number of phenols is 1. The molecule has 6 nitrogen and oxygen atoms in total. The Morgan fingerprint density at radius 1 is 1.08 bits per heavy atom. The minimum absolute atomic E-state index is 0.0488. The quantitative estimate of drug-likeness (QED) is 0.465. The van der Waals surface area contributed by atoms with Crippen molar-refractivity contribution in [2.45, 2.75) is 6.92 Å². The average molecular weight is 356 g/mol. The molecule has 0 atom stereocenters. The molecule has 1 N–H and O–H groups in total. The van der Waals surface area contributed by atoms with Crippen molar-refractivity contribution in [2.75, 3.05) is 20.8 Å². The Hall–Kier alpha value is -3.28. The maximum Gasteiger partial charge on any atom is 0.338 e. The molecule has 0 heterocycles. The lowest BCUT2D eigenvalue weighted by Gasteiger charge is -2.10. The molecule has 6 heteroatoms. The molecule has 0 bridgehead atoms. The summed E-state index contributed by atoms with van der Waals surface area (Å²) in [5.74, 6) is -0.444. The SMILES string of the molecule is CCOC(=O)c1ccc(/C=C/C(=O)c2c(O)cc(OC)cc2OC)cc1. The van der Waals surface area contributed by atoms with Crippen LogP contribution in [-0.4, -0.2) is 37.7 Å². The van der Waals surface area contributed by atoms with Gasteiger partial charge in [-0.25, -0.2) is 4.79 Å². The van der Waals surface area contributed by atoms with Crippen LogP contribution >= 0.6 is 0 Å². The molecular weight excluding hydrogens is 336 g/mol. The van der Waals surface area contributed by atoms with Crippen LogP contribution in [0.15, 0.2) is 42.5 Å². The molecule has 0 unspecified atom stereocenters. The first-order valence-corrected chi connectivity index (χ1v) is 7.94. The highest BCUT2D eigenvalue weighted by atomic mass is 16.5. The van der Waals surface area contributed by atoms with Gasteiger partial charge < -0.3 is 19.3 Å². The second kappa shape index (κ2) is 8.71. The Labute approximate surface area is 151 Å². The van der Waals surface area contributed by atoms with E-state index in [1.54, 1.807) is 37.3 Å². The maximum atomic E-state index is 12.4. The first-order chi connectivity index (χ1) is 12.5. The van der Waals surface area contributed by atoms with Crippen molar-refractivity contribution < 1.29 is 28.9 Å². The van der Waals surface area contributed by atoms with Crippen molar-refractivity contribution in [1.29, 1.82) is 0 Å². The van der Waals surface area contributed by atoms with E-state index in [0.717, 1.165) is 5.56 Å². The van der Waals surface area contributed by atoms with Gasteiger partial charge in [-0.2, -0.15) is 0 Å². The topological polar surface area (TPSA) is 82.1 Å². The lowest BCUT2D eigenvalue weighted by molar-refractivity contribution is 0.0526. The summed E-state index contributed by atoms with van der Waals surface area (Å²) in [5.41, 5.74) is 1.20. The molecule has 0 spiro atoms. The highest BCUT2D eigenvalue weighted by Gasteiger charge is 2.17. The van der Waals surface area contributed by atoms with Crippen LogP contribution in [0.5, 0.6) is 17.2 Å². The Bertz CT molecular complexity index is 821. The van der Waals surface area contributed by atoms with Crippen molar-refractivity contribution in [1.82, 2.24) is 0 Å².